The van der Waals surface area contributed by atoms with Crippen LogP contribution < -0.4 is 10.6 Å². The zero-order valence-electron chi connectivity index (χ0n) is 12.8. The summed E-state index contributed by atoms with van der Waals surface area (Å²) >= 11 is 0. The fraction of sp³-hybridized carbons (Fsp3) is 0.615. The lowest BCUT2D eigenvalue weighted by atomic mass is 10.4. The Morgan fingerprint density at radius 2 is 1.64 bits per heavy atom. The molecule has 9 heteroatoms. The summed E-state index contributed by atoms with van der Waals surface area (Å²) in [6.45, 7) is 4.29. The zero-order chi connectivity index (χ0) is 16.4. The summed E-state index contributed by atoms with van der Waals surface area (Å²) in [5.74, 6) is -0.340. The number of carbonyl (C=O) groups excluding carboxylic acids is 2. The first kappa shape index (κ1) is 17.6. The van der Waals surface area contributed by atoms with Gasteiger partial charge in [-0.25, -0.2) is 19.6 Å². The molecule has 0 fully saturated rings. The van der Waals surface area contributed by atoms with Crippen molar-refractivity contribution in [3.05, 3.63) is 6.33 Å². The molecule has 1 rings (SSSR count). The maximum Gasteiger partial charge on any atom is 0.426 e. The molecular weight excluding hydrogens is 290 g/mol. The van der Waals surface area contributed by atoms with Gasteiger partial charge in [-0.15, -0.1) is 4.90 Å². The molecule has 0 bridgehead atoms. The number of anilines is 2. The molecule has 1 aromatic rings. The molecule has 0 saturated heterocycles. The molecule has 2 amide bonds. The molecule has 0 aromatic carbocycles. The van der Waals surface area contributed by atoms with Crippen LogP contribution in [0, 0.1) is 0 Å². The van der Waals surface area contributed by atoms with Crippen LogP contribution in [0.4, 0.5) is 21.5 Å². The van der Waals surface area contributed by atoms with Crippen LogP contribution in [-0.4, -0.2) is 40.4 Å². The van der Waals surface area contributed by atoms with Crippen molar-refractivity contribution in [3.8, 4) is 0 Å². The van der Waals surface area contributed by atoms with E-state index in [4.69, 9.17) is 15.2 Å². The predicted octanol–water partition coefficient (Wildman–Crippen LogP) is 2.13. The number of ether oxygens (including phenoxy) is 2. The lowest BCUT2D eigenvalue weighted by molar-refractivity contribution is 0.132. The summed E-state index contributed by atoms with van der Waals surface area (Å²) < 4.78 is 10.0. The molecule has 22 heavy (non-hydrogen) atoms. The third-order valence-corrected chi connectivity index (χ3v) is 2.59. The van der Waals surface area contributed by atoms with E-state index >= 15 is 0 Å². The van der Waals surface area contributed by atoms with Crippen LogP contribution in [0.1, 0.15) is 39.5 Å². The molecule has 0 aliphatic carbocycles. The second-order valence-corrected chi connectivity index (χ2v) is 4.41. The van der Waals surface area contributed by atoms with Gasteiger partial charge < -0.3 is 15.2 Å². The number of nitrogen functional groups attached to an aromatic ring is 1. The van der Waals surface area contributed by atoms with Gasteiger partial charge in [0.05, 0.1) is 13.2 Å². The number of amides is 2. The van der Waals surface area contributed by atoms with E-state index in [-0.39, 0.29) is 25.1 Å². The summed E-state index contributed by atoms with van der Waals surface area (Å²) in [6, 6.07) is 0. The number of rotatable bonds is 7. The molecule has 0 unspecified atom stereocenters. The topological polar surface area (TPSA) is 121 Å². The first-order chi connectivity index (χ1) is 10.6. The van der Waals surface area contributed by atoms with Gasteiger partial charge in [0, 0.05) is 0 Å². The maximum absolute atomic E-state index is 12.1. The third-order valence-electron chi connectivity index (χ3n) is 2.59. The average Bonchev–Trinajstić information content (AvgIpc) is 2.48. The lowest BCUT2D eigenvalue weighted by Gasteiger charge is -2.18. The number of hydrogen-bond donors (Lipinski definition) is 1. The molecule has 0 aliphatic heterocycles. The van der Waals surface area contributed by atoms with E-state index in [2.05, 4.69) is 15.0 Å². The van der Waals surface area contributed by atoms with Crippen molar-refractivity contribution in [2.45, 2.75) is 39.5 Å². The van der Waals surface area contributed by atoms with Crippen molar-refractivity contribution in [1.82, 2.24) is 15.0 Å². The van der Waals surface area contributed by atoms with E-state index in [1.54, 1.807) is 0 Å². The van der Waals surface area contributed by atoms with Crippen molar-refractivity contribution >= 4 is 24.1 Å². The number of carbonyl (C=O) groups is 2. The van der Waals surface area contributed by atoms with Gasteiger partial charge in [-0.05, 0) is 12.8 Å². The second kappa shape index (κ2) is 9.48. The number of nitrogens with two attached hydrogens (primary N) is 1. The Kier molecular flexibility index (Phi) is 7.58. The van der Waals surface area contributed by atoms with Crippen LogP contribution >= 0.6 is 0 Å². The molecule has 1 heterocycles. The molecule has 2 N–H and O–H groups in total. The Balaban J connectivity index is 2.84. The van der Waals surface area contributed by atoms with Gasteiger partial charge in [0.1, 0.15) is 6.33 Å². The van der Waals surface area contributed by atoms with E-state index < -0.39 is 12.2 Å². The van der Waals surface area contributed by atoms with Gasteiger partial charge in [-0.3, -0.25) is 0 Å². The summed E-state index contributed by atoms with van der Waals surface area (Å²) in [4.78, 5) is 35.9. The SMILES string of the molecule is CCCCOC(=O)N(C(=O)OCCCC)c1ncnc(N)n1. The quantitative estimate of drug-likeness (QED) is 0.760. The van der Waals surface area contributed by atoms with Gasteiger partial charge in [-0.2, -0.15) is 4.98 Å². The van der Waals surface area contributed by atoms with E-state index in [1.165, 1.54) is 0 Å². The molecule has 0 atom stereocenters. The van der Waals surface area contributed by atoms with Crippen LogP contribution in [0.15, 0.2) is 6.33 Å². The maximum atomic E-state index is 12.1. The summed E-state index contributed by atoms with van der Waals surface area (Å²) in [6.07, 6.45) is 2.37. The number of hydrogen-bond acceptors (Lipinski definition) is 8. The molecule has 9 nitrogen and oxygen atoms in total. The van der Waals surface area contributed by atoms with Gasteiger partial charge in [0.15, 0.2) is 0 Å². The Labute approximate surface area is 128 Å². The first-order valence-electron chi connectivity index (χ1n) is 7.18. The summed E-state index contributed by atoms with van der Waals surface area (Å²) in [5.41, 5.74) is 5.45. The Bertz CT molecular complexity index is 475. The minimum Gasteiger partial charge on any atom is -0.449 e. The first-order valence-corrected chi connectivity index (χ1v) is 7.18. The Morgan fingerprint density at radius 3 is 2.09 bits per heavy atom. The third kappa shape index (κ3) is 5.51. The number of aromatic nitrogens is 3. The lowest BCUT2D eigenvalue weighted by Crippen LogP contribution is -2.39. The number of nitrogens with zero attached hydrogens (tertiary/aromatic N) is 4. The standard InChI is InChI=1S/C13H21N5O4/c1-3-5-7-21-12(19)18(13(20)22-8-6-4-2)11-16-9-15-10(14)17-11/h9H,3-8H2,1-2H3,(H2,14,15,16,17). The number of unbranched alkanes of at least 4 members (excludes halogenated alkanes) is 2. The van der Waals surface area contributed by atoms with Gasteiger partial charge in [0.2, 0.25) is 11.9 Å². The smallest absolute Gasteiger partial charge is 0.426 e. The summed E-state index contributed by atoms with van der Waals surface area (Å²) in [7, 11) is 0. The minimum atomic E-state index is -0.902. The fourth-order valence-corrected chi connectivity index (χ4v) is 1.38. The van der Waals surface area contributed by atoms with Crippen LogP contribution in [0.2, 0.25) is 0 Å². The molecule has 0 aliphatic rings. The highest BCUT2D eigenvalue weighted by Gasteiger charge is 2.29. The van der Waals surface area contributed by atoms with E-state index in [0.29, 0.717) is 17.7 Å². The molecule has 0 radical (unpaired) electrons. The van der Waals surface area contributed by atoms with Crippen molar-refractivity contribution < 1.29 is 19.1 Å². The van der Waals surface area contributed by atoms with E-state index in [0.717, 1.165) is 19.2 Å². The van der Waals surface area contributed by atoms with Crippen molar-refractivity contribution in [2.24, 2.45) is 0 Å². The molecule has 1 aromatic heterocycles. The highest BCUT2D eigenvalue weighted by atomic mass is 16.6. The van der Waals surface area contributed by atoms with Crippen molar-refractivity contribution in [3.63, 3.8) is 0 Å². The monoisotopic (exact) mass is 311 g/mol. The molecule has 0 saturated carbocycles. The number of imide groups is 1. The minimum absolute atomic E-state index is 0.113. The second-order valence-electron chi connectivity index (χ2n) is 4.41. The highest BCUT2D eigenvalue weighted by Crippen LogP contribution is 2.11. The van der Waals surface area contributed by atoms with E-state index in [1.807, 2.05) is 13.8 Å². The van der Waals surface area contributed by atoms with Crippen molar-refractivity contribution in [1.29, 1.82) is 0 Å². The van der Waals surface area contributed by atoms with Crippen LogP contribution in [0.25, 0.3) is 0 Å². The normalized spacial score (nSPS) is 10.1. The highest BCUT2D eigenvalue weighted by molar-refractivity contribution is 6.07. The predicted molar refractivity (Wildman–Crippen MR) is 79.2 cm³/mol. The molecular formula is C13H21N5O4. The molecule has 122 valence electrons. The average molecular weight is 311 g/mol. The van der Waals surface area contributed by atoms with Gasteiger partial charge in [-0.1, -0.05) is 26.7 Å². The van der Waals surface area contributed by atoms with Gasteiger partial charge >= 0.3 is 12.2 Å². The Morgan fingerprint density at radius 1 is 1.09 bits per heavy atom. The van der Waals surface area contributed by atoms with Crippen LogP contribution in [-0.2, 0) is 9.47 Å². The Hall–Kier alpha value is -2.45. The van der Waals surface area contributed by atoms with Gasteiger partial charge in [0.25, 0.3) is 0 Å². The van der Waals surface area contributed by atoms with Crippen LogP contribution in [0.3, 0.4) is 0 Å². The fourth-order valence-electron chi connectivity index (χ4n) is 1.38. The summed E-state index contributed by atoms with van der Waals surface area (Å²) in [5, 5.41) is 0. The molecule has 0 spiro atoms. The van der Waals surface area contributed by atoms with Crippen LogP contribution in [0.5, 0.6) is 0 Å². The largest absolute Gasteiger partial charge is 0.449 e. The van der Waals surface area contributed by atoms with E-state index in [9.17, 15) is 9.59 Å². The van der Waals surface area contributed by atoms with Crippen molar-refractivity contribution in [2.75, 3.05) is 23.8 Å². The zero-order valence-corrected chi connectivity index (χ0v) is 12.8.